The molecule has 2 atom stereocenters. The van der Waals surface area contributed by atoms with Gasteiger partial charge in [0.15, 0.2) is 0 Å². The van der Waals surface area contributed by atoms with Crippen molar-refractivity contribution in [1.82, 2.24) is 0 Å². The third-order valence-electron chi connectivity index (χ3n) is 5.89. The Labute approximate surface area is 116 Å². The molecule has 2 unspecified atom stereocenters. The first-order valence-electron chi connectivity index (χ1n) is 8.07. The predicted molar refractivity (Wildman–Crippen MR) is 74.1 cm³/mol. The van der Waals surface area contributed by atoms with Crippen molar-refractivity contribution in [3.8, 4) is 0 Å². The summed E-state index contributed by atoms with van der Waals surface area (Å²) in [4.78, 5) is 0. The van der Waals surface area contributed by atoms with E-state index in [9.17, 15) is 5.11 Å². The van der Waals surface area contributed by atoms with Crippen LogP contribution in [0, 0.1) is 5.92 Å². The van der Waals surface area contributed by atoms with Gasteiger partial charge in [-0.3, -0.25) is 0 Å². The van der Waals surface area contributed by atoms with E-state index in [0.29, 0.717) is 5.92 Å². The van der Waals surface area contributed by atoms with Crippen LogP contribution in [-0.2, 0) is 9.47 Å². The zero-order chi connectivity index (χ0) is 13.3. The van der Waals surface area contributed by atoms with E-state index in [1.165, 1.54) is 38.5 Å². The Balaban J connectivity index is 1.67. The molecule has 0 aromatic carbocycles. The van der Waals surface area contributed by atoms with Crippen molar-refractivity contribution in [2.45, 2.75) is 81.5 Å². The SMILES string of the molecule is COC1(C(O)C2CCOC3(CCCCC3)C2)CCC1. The Kier molecular flexibility index (Phi) is 3.89. The van der Waals surface area contributed by atoms with Crippen molar-refractivity contribution in [2.75, 3.05) is 13.7 Å². The van der Waals surface area contributed by atoms with E-state index in [4.69, 9.17) is 9.47 Å². The second kappa shape index (κ2) is 5.34. The second-order valence-electron chi connectivity index (χ2n) is 6.91. The molecule has 3 aliphatic rings. The fourth-order valence-electron chi connectivity index (χ4n) is 4.46. The van der Waals surface area contributed by atoms with Gasteiger partial charge in [0, 0.05) is 13.7 Å². The minimum atomic E-state index is -0.297. The van der Waals surface area contributed by atoms with Crippen LogP contribution in [0.4, 0.5) is 0 Å². The van der Waals surface area contributed by atoms with E-state index < -0.39 is 0 Å². The van der Waals surface area contributed by atoms with E-state index in [0.717, 1.165) is 32.3 Å². The van der Waals surface area contributed by atoms with Crippen LogP contribution in [0.5, 0.6) is 0 Å². The molecule has 0 aromatic heterocycles. The summed E-state index contributed by atoms with van der Waals surface area (Å²) in [6, 6.07) is 0. The fourth-order valence-corrected chi connectivity index (χ4v) is 4.46. The Hall–Kier alpha value is -0.120. The quantitative estimate of drug-likeness (QED) is 0.855. The smallest absolute Gasteiger partial charge is 0.0939 e. The number of hydrogen-bond donors (Lipinski definition) is 1. The summed E-state index contributed by atoms with van der Waals surface area (Å²) in [6.07, 6.45) is 11.3. The highest BCUT2D eigenvalue weighted by Gasteiger charge is 2.50. The maximum atomic E-state index is 10.8. The fraction of sp³-hybridized carbons (Fsp3) is 1.00. The molecule has 3 nitrogen and oxygen atoms in total. The molecule has 1 spiro atoms. The third kappa shape index (κ3) is 2.45. The zero-order valence-corrected chi connectivity index (χ0v) is 12.2. The summed E-state index contributed by atoms with van der Waals surface area (Å²) >= 11 is 0. The van der Waals surface area contributed by atoms with Gasteiger partial charge in [-0.1, -0.05) is 19.3 Å². The minimum Gasteiger partial charge on any atom is -0.390 e. The molecule has 3 heteroatoms. The topological polar surface area (TPSA) is 38.7 Å². The van der Waals surface area contributed by atoms with Crippen molar-refractivity contribution >= 4 is 0 Å². The number of rotatable bonds is 3. The molecule has 3 fully saturated rings. The van der Waals surface area contributed by atoms with Crippen molar-refractivity contribution in [3.63, 3.8) is 0 Å². The zero-order valence-electron chi connectivity index (χ0n) is 12.2. The van der Waals surface area contributed by atoms with E-state index in [-0.39, 0.29) is 17.3 Å². The highest BCUT2D eigenvalue weighted by molar-refractivity contribution is 5.01. The average Bonchev–Trinajstić information content (AvgIpc) is 2.39. The van der Waals surface area contributed by atoms with Crippen LogP contribution in [0.25, 0.3) is 0 Å². The molecule has 0 aromatic rings. The van der Waals surface area contributed by atoms with Gasteiger partial charge in [-0.15, -0.1) is 0 Å². The molecule has 1 heterocycles. The predicted octanol–water partition coefficient (Wildman–Crippen LogP) is 3.05. The van der Waals surface area contributed by atoms with Crippen molar-refractivity contribution in [3.05, 3.63) is 0 Å². The van der Waals surface area contributed by atoms with Crippen LogP contribution in [0.15, 0.2) is 0 Å². The maximum absolute atomic E-state index is 10.8. The molecule has 1 aliphatic heterocycles. The van der Waals surface area contributed by atoms with Gasteiger partial charge in [0.05, 0.1) is 17.3 Å². The van der Waals surface area contributed by atoms with Crippen LogP contribution < -0.4 is 0 Å². The summed E-state index contributed by atoms with van der Waals surface area (Å²) in [5.74, 6) is 0.368. The van der Waals surface area contributed by atoms with Crippen molar-refractivity contribution < 1.29 is 14.6 Å². The molecule has 0 amide bonds. The summed E-state index contributed by atoms with van der Waals surface area (Å²) in [5, 5.41) is 10.8. The van der Waals surface area contributed by atoms with Crippen molar-refractivity contribution in [2.24, 2.45) is 5.92 Å². The Morgan fingerprint density at radius 3 is 2.42 bits per heavy atom. The lowest BCUT2D eigenvalue weighted by Gasteiger charge is -2.51. The molecule has 1 saturated heterocycles. The molecule has 2 saturated carbocycles. The lowest BCUT2D eigenvalue weighted by atomic mass is 9.67. The minimum absolute atomic E-state index is 0.0842. The van der Waals surface area contributed by atoms with Crippen LogP contribution in [-0.4, -0.2) is 36.1 Å². The molecule has 0 radical (unpaired) electrons. The standard InChI is InChI=1S/C16H28O3/c1-18-16(9-5-10-16)14(17)13-6-11-19-15(12-13)7-3-2-4-8-15/h13-14,17H,2-12H2,1H3. The van der Waals surface area contributed by atoms with Crippen LogP contribution in [0.2, 0.25) is 0 Å². The molecule has 110 valence electrons. The largest absolute Gasteiger partial charge is 0.390 e. The number of aliphatic hydroxyl groups excluding tert-OH is 1. The molecule has 2 aliphatic carbocycles. The molecule has 3 rings (SSSR count). The first kappa shape index (κ1) is 13.8. The van der Waals surface area contributed by atoms with Gasteiger partial charge >= 0.3 is 0 Å². The van der Waals surface area contributed by atoms with Crippen LogP contribution in [0.1, 0.15) is 64.2 Å². The third-order valence-corrected chi connectivity index (χ3v) is 5.89. The van der Waals surface area contributed by atoms with E-state index in [1.54, 1.807) is 7.11 Å². The van der Waals surface area contributed by atoms with Crippen LogP contribution in [0.3, 0.4) is 0 Å². The summed E-state index contributed by atoms with van der Waals surface area (Å²) in [7, 11) is 1.76. The first-order valence-corrected chi connectivity index (χ1v) is 8.07. The van der Waals surface area contributed by atoms with Crippen LogP contribution >= 0.6 is 0 Å². The van der Waals surface area contributed by atoms with E-state index >= 15 is 0 Å². The highest BCUT2D eigenvalue weighted by atomic mass is 16.5. The Bertz CT molecular complexity index is 294. The molecular weight excluding hydrogens is 240 g/mol. The lowest BCUT2D eigenvalue weighted by molar-refractivity contribution is -0.197. The summed E-state index contributed by atoms with van der Waals surface area (Å²) in [5.41, 5.74) is -0.154. The first-order chi connectivity index (χ1) is 9.20. The van der Waals surface area contributed by atoms with Gasteiger partial charge in [-0.25, -0.2) is 0 Å². The monoisotopic (exact) mass is 268 g/mol. The maximum Gasteiger partial charge on any atom is 0.0939 e. The Morgan fingerprint density at radius 1 is 1.11 bits per heavy atom. The second-order valence-corrected chi connectivity index (χ2v) is 6.91. The average molecular weight is 268 g/mol. The summed E-state index contributed by atoms with van der Waals surface area (Å²) in [6.45, 7) is 0.821. The van der Waals surface area contributed by atoms with Gasteiger partial charge in [0.25, 0.3) is 0 Å². The highest BCUT2D eigenvalue weighted by Crippen LogP contribution is 2.47. The van der Waals surface area contributed by atoms with E-state index in [2.05, 4.69) is 0 Å². The lowest BCUT2D eigenvalue weighted by Crippen LogP contribution is -2.56. The Morgan fingerprint density at radius 2 is 1.84 bits per heavy atom. The summed E-state index contributed by atoms with van der Waals surface area (Å²) < 4.78 is 11.8. The van der Waals surface area contributed by atoms with Gasteiger partial charge in [0.2, 0.25) is 0 Å². The van der Waals surface area contributed by atoms with Gasteiger partial charge in [0.1, 0.15) is 0 Å². The molecule has 1 N–H and O–H groups in total. The number of methoxy groups -OCH3 is 1. The van der Waals surface area contributed by atoms with Gasteiger partial charge in [-0.05, 0) is 50.9 Å². The number of aliphatic hydroxyl groups is 1. The molecular formula is C16H28O3. The normalized spacial score (nSPS) is 34.7. The number of hydrogen-bond acceptors (Lipinski definition) is 3. The van der Waals surface area contributed by atoms with Gasteiger partial charge < -0.3 is 14.6 Å². The van der Waals surface area contributed by atoms with E-state index in [1.807, 2.05) is 0 Å². The molecule has 19 heavy (non-hydrogen) atoms. The molecule has 0 bridgehead atoms. The van der Waals surface area contributed by atoms with Gasteiger partial charge in [-0.2, -0.15) is 0 Å². The van der Waals surface area contributed by atoms with Crippen molar-refractivity contribution in [1.29, 1.82) is 0 Å². The number of ether oxygens (including phenoxy) is 2.